The maximum atomic E-state index is 14.1. The third-order valence-electron chi connectivity index (χ3n) is 8.93. The molecule has 9 nitrogen and oxygen atoms in total. The van der Waals surface area contributed by atoms with Crippen molar-refractivity contribution >= 4 is 46.6 Å². The third kappa shape index (κ3) is 5.11. The lowest BCUT2D eigenvalue weighted by Crippen LogP contribution is -2.49. The Morgan fingerprint density at radius 3 is 2.04 bits per heavy atom. The summed E-state index contributed by atoms with van der Waals surface area (Å²) in [5, 5.41) is 2.80. The summed E-state index contributed by atoms with van der Waals surface area (Å²) in [5.41, 5.74) is 3.34. The molecule has 0 aromatic heterocycles. The fraction of sp³-hybridized carbons (Fsp3) is 0.194. The number of amides is 5. The molecule has 0 spiro atoms. The van der Waals surface area contributed by atoms with Crippen LogP contribution in [0.15, 0.2) is 97.1 Å². The zero-order valence-corrected chi connectivity index (χ0v) is 24.7. The number of fused-ring (bicyclic) bond motifs is 3. The molecule has 0 saturated heterocycles. The standard InChI is InChI=1S/C36H29FN4O5/c37-24-16-14-23(15-17-24)33(43)38-25-18-12-22(13-19-25)20-39-30-9-3-4-10-31(30)41(29-11-5-8-28(29)36(39)46)32(42)21-40-34(44)26-6-1-2-7-27(26)35(40)45/h1-4,6-7,9-10,12-19,28-29H,5,8,11,20-21H2,(H,38,43). The number of nitrogens with one attached hydrogen (secondary N) is 1. The summed E-state index contributed by atoms with van der Waals surface area (Å²) < 4.78 is 13.2. The van der Waals surface area contributed by atoms with Crippen LogP contribution in [0.1, 0.15) is 55.9 Å². The van der Waals surface area contributed by atoms with E-state index in [9.17, 15) is 28.4 Å². The van der Waals surface area contributed by atoms with Gasteiger partial charge in [0.25, 0.3) is 17.7 Å². The van der Waals surface area contributed by atoms with Crippen molar-refractivity contribution in [3.8, 4) is 0 Å². The van der Waals surface area contributed by atoms with E-state index >= 15 is 0 Å². The number of carbonyl (C=O) groups is 5. The van der Waals surface area contributed by atoms with Gasteiger partial charge >= 0.3 is 0 Å². The van der Waals surface area contributed by atoms with Crippen LogP contribution in [0.3, 0.4) is 0 Å². The normalized spacial score (nSPS) is 18.6. The van der Waals surface area contributed by atoms with E-state index in [1.54, 1.807) is 70.5 Å². The van der Waals surface area contributed by atoms with Gasteiger partial charge in [-0.15, -0.1) is 0 Å². The van der Waals surface area contributed by atoms with Crippen molar-refractivity contribution in [2.45, 2.75) is 31.8 Å². The number of anilines is 3. The number of halogens is 1. The fourth-order valence-corrected chi connectivity index (χ4v) is 6.69. The van der Waals surface area contributed by atoms with Gasteiger partial charge in [-0.25, -0.2) is 4.39 Å². The SMILES string of the molecule is O=C(Nc1ccc(CN2C(=O)C3CCCC3N(C(=O)CN3C(=O)c4ccccc4C3=O)c3ccccc32)cc1)c1ccc(F)cc1. The molecule has 2 aliphatic heterocycles. The van der Waals surface area contributed by atoms with Gasteiger partial charge < -0.3 is 15.1 Å². The topological polar surface area (TPSA) is 107 Å². The first-order valence-corrected chi connectivity index (χ1v) is 15.1. The van der Waals surface area contributed by atoms with Gasteiger partial charge in [-0.2, -0.15) is 0 Å². The molecule has 10 heteroatoms. The molecule has 1 N–H and O–H groups in total. The van der Waals surface area contributed by atoms with E-state index in [0.717, 1.165) is 16.9 Å². The second-order valence-corrected chi connectivity index (χ2v) is 11.7. The van der Waals surface area contributed by atoms with Crippen molar-refractivity contribution < 1.29 is 28.4 Å². The van der Waals surface area contributed by atoms with Crippen molar-refractivity contribution in [3.63, 3.8) is 0 Å². The molecule has 2 heterocycles. The van der Waals surface area contributed by atoms with E-state index in [2.05, 4.69) is 5.32 Å². The van der Waals surface area contributed by atoms with Gasteiger partial charge in [0.1, 0.15) is 12.4 Å². The number of para-hydroxylation sites is 2. The third-order valence-corrected chi connectivity index (χ3v) is 8.93. The maximum absolute atomic E-state index is 14.1. The van der Waals surface area contributed by atoms with E-state index in [1.165, 1.54) is 24.3 Å². The quantitative estimate of drug-likeness (QED) is 0.291. The molecule has 4 aromatic rings. The summed E-state index contributed by atoms with van der Waals surface area (Å²) in [4.78, 5) is 71.2. The lowest BCUT2D eigenvalue weighted by atomic mass is 10.0. The Hall–Kier alpha value is -5.64. The van der Waals surface area contributed by atoms with E-state index < -0.39 is 42.0 Å². The second-order valence-electron chi connectivity index (χ2n) is 11.7. The van der Waals surface area contributed by atoms with E-state index in [-0.39, 0.29) is 29.5 Å². The summed E-state index contributed by atoms with van der Waals surface area (Å²) in [7, 11) is 0. The molecular weight excluding hydrogens is 587 g/mol. The molecule has 230 valence electrons. The average Bonchev–Trinajstić information content (AvgIpc) is 3.62. The Bertz CT molecular complexity index is 1860. The first-order chi connectivity index (χ1) is 22.3. The van der Waals surface area contributed by atoms with Crippen LogP contribution in [0.5, 0.6) is 0 Å². The molecular formula is C36H29FN4O5. The molecule has 46 heavy (non-hydrogen) atoms. The van der Waals surface area contributed by atoms with Crippen molar-refractivity contribution in [1.29, 1.82) is 0 Å². The Kier molecular flexibility index (Phi) is 7.40. The van der Waals surface area contributed by atoms with Crippen LogP contribution in [0, 0.1) is 11.7 Å². The van der Waals surface area contributed by atoms with Gasteiger partial charge in [-0.1, -0.05) is 42.8 Å². The first-order valence-electron chi connectivity index (χ1n) is 15.1. The van der Waals surface area contributed by atoms with Crippen LogP contribution in [0.4, 0.5) is 21.5 Å². The molecule has 0 radical (unpaired) electrons. The van der Waals surface area contributed by atoms with Gasteiger partial charge in [-0.3, -0.25) is 28.9 Å². The summed E-state index contributed by atoms with van der Waals surface area (Å²) in [6, 6.07) is 25.7. The van der Waals surface area contributed by atoms with E-state index in [1.807, 2.05) is 12.1 Å². The highest BCUT2D eigenvalue weighted by Crippen LogP contribution is 2.43. The van der Waals surface area contributed by atoms with Crippen LogP contribution in [0.2, 0.25) is 0 Å². The number of nitrogens with zero attached hydrogens (tertiary/aromatic N) is 3. The predicted molar refractivity (Wildman–Crippen MR) is 169 cm³/mol. The Labute approximate surface area is 264 Å². The van der Waals surface area contributed by atoms with Gasteiger partial charge in [0.05, 0.1) is 35.0 Å². The van der Waals surface area contributed by atoms with Gasteiger partial charge in [0.2, 0.25) is 11.8 Å². The van der Waals surface area contributed by atoms with Crippen LogP contribution in [-0.4, -0.2) is 47.0 Å². The van der Waals surface area contributed by atoms with Gasteiger partial charge in [0.15, 0.2) is 0 Å². The molecule has 7 rings (SSSR count). The minimum atomic E-state index is -0.505. The van der Waals surface area contributed by atoms with Crippen molar-refractivity contribution in [2.24, 2.45) is 5.92 Å². The largest absolute Gasteiger partial charge is 0.322 e. The van der Waals surface area contributed by atoms with Crippen molar-refractivity contribution in [3.05, 3.63) is 125 Å². The highest BCUT2D eigenvalue weighted by Gasteiger charge is 2.47. The monoisotopic (exact) mass is 616 g/mol. The van der Waals surface area contributed by atoms with Crippen molar-refractivity contribution in [2.75, 3.05) is 21.7 Å². The van der Waals surface area contributed by atoms with Crippen LogP contribution in [0.25, 0.3) is 0 Å². The van der Waals surface area contributed by atoms with Crippen LogP contribution >= 0.6 is 0 Å². The number of hydrogen-bond acceptors (Lipinski definition) is 5. The molecule has 5 amide bonds. The van der Waals surface area contributed by atoms with E-state index in [0.29, 0.717) is 35.5 Å². The smallest absolute Gasteiger partial charge is 0.262 e. The summed E-state index contributed by atoms with van der Waals surface area (Å²) >= 11 is 0. The predicted octanol–water partition coefficient (Wildman–Crippen LogP) is 5.42. The van der Waals surface area contributed by atoms with Gasteiger partial charge in [-0.05, 0) is 79.1 Å². The zero-order valence-electron chi connectivity index (χ0n) is 24.7. The summed E-state index contributed by atoms with van der Waals surface area (Å²) in [5.74, 6) is -2.78. The summed E-state index contributed by atoms with van der Waals surface area (Å²) in [6.07, 6.45) is 1.99. The molecule has 1 aliphatic carbocycles. The number of rotatable bonds is 6. The molecule has 2 unspecified atom stereocenters. The molecule has 4 aromatic carbocycles. The van der Waals surface area contributed by atoms with Gasteiger partial charge in [0, 0.05) is 17.3 Å². The van der Waals surface area contributed by atoms with Crippen molar-refractivity contribution in [1.82, 2.24) is 4.90 Å². The fourth-order valence-electron chi connectivity index (χ4n) is 6.69. The first kappa shape index (κ1) is 29.1. The lowest BCUT2D eigenvalue weighted by Gasteiger charge is -2.31. The number of hydrogen-bond donors (Lipinski definition) is 1. The molecule has 2 atom stereocenters. The minimum Gasteiger partial charge on any atom is -0.322 e. The Balaban J connectivity index is 1.14. The minimum absolute atomic E-state index is 0.0975. The average molecular weight is 617 g/mol. The molecule has 1 fully saturated rings. The highest BCUT2D eigenvalue weighted by atomic mass is 19.1. The van der Waals surface area contributed by atoms with Crippen LogP contribution < -0.4 is 15.1 Å². The molecule has 1 saturated carbocycles. The molecule has 0 bridgehead atoms. The van der Waals surface area contributed by atoms with E-state index in [4.69, 9.17) is 0 Å². The Morgan fingerprint density at radius 2 is 1.37 bits per heavy atom. The number of carbonyl (C=O) groups excluding carboxylic acids is 5. The zero-order chi connectivity index (χ0) is 31.9. The van der Waals surface area contributed by atoms with Crippen LogP contribution in [-0.2, 0) is 16.1 Å². The lowest BCUT2D eigenvalue weighted by molar-refractivity contribution is -0.123. The number of benzene rings is 4. The maximum Gasteiger partial charge on any atom is 0.262 e. The number of imide groups is 1. The molecule has 3 aliphatic rings. The highest BCUT2D eigenvalue weighted by molar-refractivity contribution is 6.23. The summed E-state index contributed by atoms with van der Waals surface area (Å²) in [6.45, 7) is -0.200. The second kappa shape index (κ2) is 11.7. The Morgan fingerprint density at radius 1 is 0.739 bits per heavy atom.